The van der Waals surface area contributed by atoms with Gasteiger partial charge in [0, 0.05) is 45.5 Å². The Labute approximate surface area is 111 Å². The molecule has 0 unspecified atom stereocenters. The van der Waals surface area contributed by atoms with Crippen LogP contribution >= 0.6 is 0 Å². The Bertz CT molecular complexity index is 612. The molecule has 2 rings (SSSR count). The first kappa shape index (κ1) is 13.1. The van der Waals surface area contributed by atoms with E-state index in [0.29, 0.717) is 18.1 Å². The summed E-state index contributed by atoms with van der Waals surface area (Å²) < 4.78 is 3.23. The van der Waals surface area contributed by atoms with Gasteiger partial charge in [-0.25, -0.2) is 0 Å². The standard InChI is InChI=1S/C12H18N6O/c1-8-9(7-17(3)14-8)6-16(2)12(19)10-5-11(13)15-18(10)4/h5,7H,6H2,1-4H3,(H2,13,15). The van der Waals surface area contributed by atoms with Gasteiger partial charge in [-0.05, 0) is 6.92 Å². The molecule has 0 radical (unpaired) electrons. The van der Waals surface area contributed by atoms with Gasteiger partial charge in [0.2, 0.25) is 0 Å². The van der Waals surface area contributed by atoms with Crippen molar-refractivity contribution in [3.63, 3.8) is 0 Å². The van der Waals surface area contributed by atoms with Crippen molar-refractivity contribution >= 4 is 11.7 Å². The van der Waals surface area contributed by atoms with Gasteiger partial charge < -0.3 is 10.6 Å². The maximum Gasteiger partial charge on any atom is 0.272 e. The Morgan fingerprint density at radius 1 is 1.42 bits per heavy atom. The van der Waals surface area contributed by atoms with Gasteiger partial charge in [-0.3, -0.25) is 14.2 Å². The van der Waals surface area contributed by atoms with E-state index in [2.05, 4.69) is 10.2 Å². The number of hydrogen-bond acceptors (Lipinski definition) is 4. The average Bonchev–Trinajstić information content (AvgIpc) is 2.80. The summed E-state index contributed by atoms with van der Waals surface area (Å²) in [5.41, 5.74) is 8.00. The lowest BCUT2D eigenvalue weighted by atomic mass is 10.2. The molecule has 7 nitrogen and oxygen atoms in total. The van der Waals surface area contributed by atoms with E-state index in [1.54, 1.807) is 29.7 Å². The average molecular weight is 262 g/mol. The second kappa shape index (κ2) is 4.75. The molecule has 0 atom stereocenters. The van der Waals surface area contributed by atoms with Crippen LogP contribution in [-0.4, -0.2) is 37.4 Å². The Hall–Kier alpha value is -2.31. The summed E-state index contributed by atoms with van der Waals surface area (Å²) in [4.78, 5) is 13.9. The molecule has 0 aliphatic rings. The summed E-state index contributed by atoms with van der Waals surface area (Å²) in [5, 5.41) is 8.23. The molecule has 0 fully saturated rings. The van der Waals surface area contributed by atoms with E-state index in [1.807, 2.05) is 20.2 Å². The SMILES string of the molecule is Cc1nn(C)cc1CN(C)C(=O)c1cc(N)nn1C. The van der Waals surface area contributed by atoms with Gasteiger partial charge in [-0.2, -0.15) is 10.2 Å². The number of hydrogen-bond donors (Lipinski definition) is 1. The first-order valence-corrected chi connectivity index (χ1v) is 5.92. The molecule has 2 heterocycles. The highest BCUT2D eigenvalue weighted by molar-refractivity contribution is 5.93. The summed E-state index contributed by atoms with van der Waals surface area (Å²) in [6.07, 6.45) is 1.91. The molecule has 0 saturated carbocycles. The van der Waals surface area contributed by atoms with Crippen molar-refractivity contribution in [2.24, 2.45) is 14.1 Å². The van der Waals surface area contributed by atoms with E-state index in [9.17, 15) is 4.79 Å². The molecule has 7 heteroatoms. The molecular formula is C12H18N6O. The number of aromatic nitrogens is 4. The Morgan fingerprint density at radius 2 is 2.11 bits per heavy atom. The lowest BCUT2D eigenvalue weighted by molar-refractivity contribution is 0.0774. The van der Waals surface area contributed by atoms with Gasteiger partial charge in [0.15, 0.2) is 0 Å². The van der Waals surface area contributed by atoms with Crippen LogP contribution < -0.4 is 5.73 Å². The maximum atomic E-state index is 12.3. The number of aryl methyl sites for hydroxylation is 3. The number of nitrogens with zero attached hydrogens (tertiary/aromatic N) is 5. The number of carbonyl (C=O) groups is 1. The minimum atomic E-state index is -0.116. The highest BCUT2D eigenvalue weighted by Gasteiger charge is 2.18. The van der Waals surface area contributed by atoms with Crippen molar-refractivity contribution < 1.29 is 4.79 Å². The van der Waals surface area contributed by atoms with Gasteiger partial charge in [-0.1, -0.05) is 0 Å². The number of anilines is 1. The van der Waals surface area contributed by atoms with Crippen molar-refractivity contribution in [1.29, 1.82) is 0 Å². The summed E-state index contributed by atoms with van der Waals surface area (Å²) >= 11 is 0. The predicted molar refractivity (Wildman–Crippen MR) is 71.4 cm³/mol. The van der Waals surface area contributed by atoms with Crippen LogP contribution in [0.4, 0.5) is 5.82 Å². The fraction of sp³-hybridized carbons (Fsp3) is 0.417. The van der Waals surface area contributed by atoms with Gasteiger partial charge in [0.1, 0.15) is 11.5 Å². The predicted octanol–water partition coefficient (Wildman–Crippen LogP) is 0.316. The minimum Gasteiger partial charge on any atom is -0.382 e. The van der Waals surface area contributed by atoms with E-state index < -0.39 is 0 Å². The van der Waals surface area contributed by atoms with Gasteiger partial charge in [0.05, 0.1) is 5.69 Å². The van der Waals surface area contributed by atoms with Crippen LogP contribution in [0.2, 0.25) is 0 Å². The summed E-state index contributed by atoms with van der Waals surface area (Å²) in [6, 6.07) is 1.58. The third-order valence-electron chi connectivity index (χ3n) is 2.99. The first-order valence-electron chi connectivity index (χ1n) is 5.92. The quantitative estimate of drug-likeness (QED) is 0.863. The van der Waals surface area contributed by atoms with E-state index in [1.165, 1.54) is 4.68 Å². The van der Waals surface area contributed by atoms with Crippen LogP contribution in [0.3, 0.4) is 0 Å². The summed E-state index contributed by atoms with van der Waals surface area (Å²) in [7, 11) is 5.31. The molecule has 0 saturated heterocycles. The van der Waals surface area contributed by atoms with Crippen molar-refractivity contribution in [3.05, 3.63) is 29.2 Å². The van der Waals surface area contributed by atoms with Crippen molar-refractivity contribution in [2.45, 2.75) is 13.5 Å². The van der Waals surface area contributed by atoms with Crippen LogP contribution in [0.25, 0.3) is 0 Å². The lowest BCUT2D eigenvalue weighted by Gasteiger charge is -2.16. The molecular weight excluding hydrogens is 244 g/mol. The summed E-state index contributed by atoms with van der Waals surface area (Å²) in [6.45, 7) is 2.43. The minimum absolute atomic E-state index is 0.116. The highest BCUT2D eigenvalue weighted by atomic mass is 16.2. The fourth-order valence-corrected chi connectivity index (χ4v) is 2.02. The van der Waals surface area contributed by atoms with Crippen LogP contribution in [-0.2, 0) is 20.6 Å². The Balaban J connectivity index is 2.16. The van der Waals surface area contributed by atoms with Crippen molar-refractivity contribution in [2.75, 3.05) is 12.8 Å². The van der Waals surface area contributed by atoms with Gasteiger partial charge >= 0.3 is 0 Å². The van der Waals surface area contributed by atoms with Gasteiger partial charge in [0.25, 0.3) is 5.91 Å². The van der Waals surface area contributed by atoms with Crippen LogP contribution in [0.1, 0.15) is 21.7 Å². The molecule has 0 bridgehead atoms. The molecule has 0 aliphatic carbocycles. The maximum absolute atomic E-state index is 12.3. The molecule has 2 N–H and O–H groups in total. The molecule has 0 aliphatic heterocycles. The lowest BCUT2D eigenvalue weighted by Crippen LogP contribution is -2.28. The van der Waals surface area contributed by atoms with E-state index in [0.717, 1.165) is 11.3 Å². The normalized spacial score (nSPS) is 10.7. The summed E-state index contributed by atoms with van der Waals surface area (Å²) in [5.74, 6) is 0.228. The van der Waals surface area contributed by atoms with Crippen molar-refractivity contribution in [1.82, 2.24) is 24.5 Å². The molecule has 2 aromatic rings. The Morgan fingerprint density at radius 3 is 2.58 bits per heavy atom. The largest absolute Gasteiger partial charge is 0.382 e. The number of rotatable bonds is 3. The third kappa shape index (κ3) is 2.59. The van der Waals surface area contributed by atoms with E-state index in [4.69, 9.17) is 5.73 Å². The molecule has 2 aromatic heterocycles. The molecule has 1 amide bonds. The second-order valence-corrected chi connectivity index (χ2v) is 4.65. The molecule has 0 aromatic carbocycles. The second-order valence-electron chi connectivity index (χ2n) is 4.65. The zero-order chi connectivity index (χ0) is 14.2. The van der Waals surface area contributed by atoms with E-state index >= 15 is 0 Å². The smallest absolute Gasteiger partial charge is 0.272 e. The van der Waals surface area contributed by atoms with Crippen LogP contribution in [0.15, 0.2) is 12.3 Å². The fourth-order valence-electron chi connectivity index (χ4n) is 2.02. The van der Waals surface area contributed by atoms with Crippen LogP contribution in [0, 0.1) is 6.92 Å². The topological polar surface area (TPSA) is 82.0 Å². The monoisotopic (exact) mass is 262 g/mol. The Kier molecular flexibility index (Phi) is 3.28. The van der Waals surface area contributed by atoms with Gasteiger partial charge in [-0.15, -0.1) is 0 Å². The van der Waals surface area contributed by atoms with E-state index in [-0.39, 0.29) is 5.91 Å². The number of nitrogen functional groups attached to an aromatic ring is 1. The number of amides is 1. The molecule has 19 heavy (non-hydrogen) atoms. The zero-order valence-electron chi connectivity index (χ0n) is 11.6. The highest BCUT2D eigenvalue weighted by Crippen LogP contribution is 2.12. The van der Waals surface area contributed by atoms with Crippen molar-refractivity contribution in [3.8, 4) is 0 Å². The number of nitrogens with two attached hydrogens (primary N) is 1. The first-order chi connectivity index (χ1) is 8.88. The molecule has 102 valence electrons. The number of carbonyl (C=O) groups excluding carboxylic acids is 1. The third-order valence-corrected chi connectivity index (χ3v) is 2.99. The van der Waals surface area contributed by atoms with Crippen LogP contribution in [0.5, 0.6) is 0 Å². The zero-order valence-corrected chi connectivity index (χ0v) is 11.6. The molecule has 0 spiro atoms.